The van der Waals surface area contributed by atoms with Gasteiger partial charge in [0, 0.05) is 0 Å². The van der Waals surface area contributed by atoms with Crippen LogP contribution in [0.15, 0.2) is 12.1 Å². The molecule has 0 saturated heterocycles. The Labute approximate surface area is 80.5 Å². The molecular formula is C10H10F3O. The summed E-state index contributed by atoms with van der Waals surface area (Å²) in [5.41, 5.74) is 1.32. The summed E-state index contributed by atoms with van der Waals surface area (Å²) >= 11 is 0. The van der Waals surface area contributed by atoms with Crippen LogP contribution in [0, 0.1) is 19.9 Å². The minimum absolute atomic E-state index is 0.293. The molecule has 0 saturated carbocycles. The van der Waals surface area contributed by atoms with Crippen molar-refractivity contribution in [3.63, 3.8) is 0 Å². The first-order valence-corrected chi connectivity index (χ1v) is 4.07. The van der Waals surface area contributed by atoms with Crippen molar-refractivity contribution in [3.8, 4) is 5.75 Å². The van der Waals surface area contributed by atoms with Gasteiger partial charge in [-0.1, -0.05) is 0 Å². The molecule has 14 heavy (non-hydrogen) atoms. The summed E-state index contributed by atoms with van der Waals surface area (Å²) in [6.45, 7) is 2.13. The molecule has 0 N–H and O–H groups in total. The average molecular weight is 203 g/mol. The number of ether oxygens (including phenoxy) is 1. The lowest BCUT2D eigenvalue weighted by Gasteiger charge is -2.13. The lowest BCUT2D eigenvalue weighted by Crippen LogP contribution is -2.19. The van der Waals surface area contributed by atoms with Crippen LogP contribution in [0.1, 0.15) is 11.1 Å². The van der Waals surface area contributed by atoms with Gasteiger partial charge in [-0.05, 0) is 43.2 Å². The van der Waals surface area contributed by atoms with Crippen LogP contribution in [-0.4, -0.2) is 12.8 Å². The second-order valence-electron chi connectivity index (χ2n) is 3.05. The normalized spacial score (nSPS) is 11.5. The van der Waals surface area contributed by atoms with E-state index in [0.717, 1.165) is 0 Å². The molecule has 0 heterocycles. The van der Waals surface area contributed by atoms with Crippen LogP contribution in [0.2, 0.25) is 0 Å². The third-order valence-electron chi connectivity index (χ3n) is 1.70. The molecule has 77 valence electrons. The quantitative estimate of drug-likeness (QED) is 0.717. The maximum atomic E-state index is 11.9. The van der Waals surface area contributed by atoms with E-state index in [-0.39, 0.29) is 0 Å². The highest BCUT2D eigenvalue weighted by molar-refractivity contribution is 5.39. The van der Waals surface area contributed by atoms with Crippen LogP contribution in [0.3, 0.4) is 0 Å². The Morgan fingerprint density at radius 2 is 1.71 bits per heavy atom. The number of hydrogen-bond acceptors (Lipinski definition) is 1. The van der Waals surface area contributed by atoms with Crippen molar-refractivity contribution in [1.29, 1.82) is 0 Å². The Morgan fingerprint density at radius 1 is 1.21 bits per heavy atom. The molecule has 0 unspecified atom stereocenters. The summed E-state index contributed by atoms with van der Waals surface area (Å²) in [6.07, 6.45) is -4.29. The van der Waals surface area contributed by atoms with E-state index in [9.17, 15) is 13.2 Å². The number of alkyl halides is 3. The van der Waals surface area contributed by atoms with Crippen LogP contribution in [0.5, 0.6) is 5.75 Å². The molecule has 0 aliphatic rings. The van der Waals surface area contributed by atoms with Gasteiger partial charge in [-0.25, -0.2) is 0 Å². The maximum Gasteiger partial charge on any atom is 0.422 e. The summed E-state index contributed by atoms with van der Waals surface area (Å²) in [6, 6.07) is 6.00. The molecule has 0 aliphatic heterocycles. The van der Waals surface area contributed by atoms with Gasteiger partial charge in [0.1, 0.15) is 5.75 Å². The summed E-state index contributed by atoms with van der Waals surface area (Å²) in [4.78, 5) is 0. The van der Waals surface area contributed by atoms with Crippen LogP contribution >= 0.6 is 0 Å². The largest absolute Gasteiger partial charge is 0.484 e. The molecule has 0 fully saturated rings. The highest BCUT2D eigenvalue weighted by atomic mass is 19.4. The predicted octanol–water partition coefficient (Wildman–Crippen LogP) is 3.04. The number of rotatable bonds is 2. The van der Waals surface area contributed by atoms with Gasteiger partial charge in [0.15, 0.2) is 6.61 Å². The standard InChI is InChI=1S/C10H10F3O/c1-7-4-3-5-8(2)9(7)14-6-10(11,12)13/h4-5H,6H2,1-2H3. The summed E-state index contributed by atoms with van der Waals surface area (Å²) in [7, 11) is 0. The zero-order valence-corrected chi connectivity index (χ0v) is 7.90. The monoisotopic (exact) mass is 203 g/mol. The van der Waals surface area contributed by atoms with Crippen LogP contribution in [-0.2, 0) is 0 Å². The lowest BCUT2D eigenvalue weighted by atomic mass is 10.1. The van der Waals surface area contributed by atoms with Gasteiger partial charge >= 0.3 is 6.18 Å². The van der Waals surface area contributed by atoms with E-state index >= 15 is 0 Å². The number of benzene rings is 1. The molecule has 1 aromatic rings. The molecule has 0 aromatic heterocycles. The zero-order chi connectivity index (χ0) is 10.8. The predicted molar refractivity (Wildman–Crippen MR) is 46.3 cm³/mol. The number of aryl methyl sites for hydroxylation is 2. The van der Waals surface area contributed by atoms with Gasteiger partial charge < -0.3 is 4.74 Å². The molecule has 1 rings (SSSR count). The highest BCUT2D eigenvalue weighted by Gasteiger charge is 2.28. The first-order chi connectivity index (χ1) is 6.40. The van der Waals surface area contributed by atoms with Crippen molar-refractivity contribution in [2.75, 3.05) is 6.61 Å². The third-order valence-corrected chi connectivity index (χ3v) is 1.70. The van der Waals surface area contributed by atoms with E-state index in [4.69, 9.17) is 0 Å². The van der Waals surface area contributed by atoms with Gasteiger partial charge in [-0.15, -0.1) is 0 Å². The Bertz CT molecular complexity index is 297. The maximum absolute atomic E-state index is 11.9. The van der Waals surface area contributed by atoms with Crippen molar-refractivity contribution in [2.24, 2.45) is 0 Å². The lowest BCUT2D eigenvalue weighted by molar-refractivity contribution is -0.153. The Hall–Kier alpha value is -1.19. The van der Waals surface area contributed by atoms with Crippen molar-refractivity contribution in [1.82, 2.24) is 0 Å². The first-order valence-electron chi connectivity index (χ1n) is 4.07. The molecular weight excluding hydrogens is 193 g/mol. The Morgan fingerprint density at radius 3 is 2.14 bits per heavy atom. The van der Waals surface area contributed by atoms with Crippen LogP contribution in [0.25, 0.3) is 0 Å². The number of hydrogen-bond donors (Lipinski definition) is 0. The molecule has 4 heteroatoms. The second-order valence-corrected chi connectivity index (χ2v) is 3.05. The van der Waals surface area contributed by atoms with Gasteiger partial charge in [0.05, 0.1) is 0 Å². The number of halogens is 3. The Balaban J connectivity index is 2.77. The fraction of sp³-hybridized carbons (Fsp3) is 0.400. The van der Waals surface area contributed by atoms with E-state index in [1.165, 1.54) is 0 Å². The molecule has 0 aliphatic carbocycles. The molecule has 0 atom stereocenters. The SMILES string of the molecule is Cc1c[c]cc(C)c1OCC(F)(F)F. The topological polar surface area (TPSA) is 9.23 Å². The third kappa shape index (κ3) is 2.94. The molecule has 0 amide bonds. The fourth-order valence-electron chi connectivity index (χ4n) is 1.12. The minimum Gasteiger partial charge on any atom is -0.484 e. The highest BCUT2D eigenvalue weighted by Crippen LogP contribution is 2.24. The average Bonchev–Trinajstić information content (AvgIpc) is 2.01. The van der Waals surface area contributed by atoms with E-state index < -0.39 is 12.8 Å². The summed E-state index contributed by atoms with van der Waals surface area (Å²) in [5.74, 6) is 0.293. The molecule has 0 spiro atoms. The van der Waals surface area contributed by atoms with Crippen LogP contribution < -0.4 is 4.74 Å². The van der Waals surface area contributed by atoms with Crippen molar-refractivity contribution >= 4 is 0 Å². The molecule has 0 bridgehead atoms. The molecule has 1 radical (unpaired) electrons. The van der Waals surface area contributed by atoms with E-state index in [1.54, 1.807) is 26.0 Å². The van der Waals surface area contributed by atoms with Gasteiger partial charge in [-0.3, -0.25) is 0 Å². The van der Waals surface area contributed by atoms with Gasteiger partial charge in [-0.2, -0.15) is 13.2 Å². The first kappa shape index (κ1) is 10.9. The summed E-state index contributed by atoms with van der Waals surface area (Å²) in [5, 5.41) is 0. The smallest absolute Gasteiger partial charge is 0.422 e. The molecule has 1 nitrogen and oxygen atoms in total. The van der Waals surface area contributed by atoms with E-state index in [0.29, 0.717) is 16.9 Å². The van der Waals surface area contributed by atoms with Gasteiger partial charge in [0.2, 0.25) is 0 Å². The molecule has 1 aromatic carbocycles. The van der Waals surface area contributed by atoms with Gasteiger partial charge in [0.25, 0.3) is 0 Å². The van der Waals surface area contributed by atoms with Crippen molar-refractivity contribution in [3.05, 3.63) is 29.3 Å². The van der Waals surface area contributed by atoms with Crippen molar-refractivity contribution < 1.29 is 17.9 Å². The second kappa shape index (κ2) is 3.90. The summed E-state index contributed by atoms with van der Waals surface area (Å²) < 4.78 is 40.3. The van der Waals surface area contributed by atoms with E-state index in [1.807, 2.05) is 0 Å². The van der Waals surface area contributed by atoms with Crippen molar-refractivity contribution in [2.45, 2.75) is 20.0 Å². The Kier molecular flexibility index (Phi) is 3.03. The van der Waals surface area contributed by atoms with Crippen LogP contribution in [0.4, 0.5) is 13.2 Å². The zero-order valence-electron chi connectivity index (χ0n) is 7.90. The fourth-order valence-corrected chi connectivity index (χ4v) is 1.12. The van der Waals surface area contributed by atoms with E-state index in [2.05, 4.69) is 10.8 Å². The minimum atomic E-state index is -4.29.